The summed E-state index contributed by atoms with van der Waals surface area (Å²) in [5.41, 5.74) is 0. The molecule has 0 aromatic rings. The summed E-state index contributed by atoms with van der Waals surface area (Å²) in [5, 5.41) is 23.1. The number of unbranched alkanes of at least 4 members (excludes halogenated alkanes) is 46. The molecule has 0 fully saturated rings. The molecule has 3 N–H and O–H groups in total. The van der Waals surface area contributed by atoms with Crippen molar-refractivity contribution in [3.05, 3.63) is 12.2 Å². The van der Waals surface area contributed by atoms with Crippen LogP contribution in [0.4, 0.5) is 0 Å². The van der Waals surface area contributed by atoms with E-state index in [9.17, 15) is 19.8 Å². The normalized spacial score (nSPS) is 12.6. The Kier molecular flexibility index (Phi) is 56.0. The lowest BCUT2D eigenvalue weighted by molar-refractivity contribution is -0.143. The number of carbonyl (C=O) groups excluding carboxylic acids is 2. The van der Waals surface area contributed by atoms with Crippen molar-refractivity contribution < 1.29 is 24.5 Å². The van der Waals surface area contributed by atoms with Crippen LogP contribution in [-0.4, -0.2) is 47.4 Å². The number of hydrogen-bond donors (Lipinski definition) is 3. The minimum atomic E-state index is -0.843. The lowest BCUT2D eigenvalue weighted by Crippen LogP contribution is -2.45. The van der Waals surface area contributed by atoms with Crippen LogP contribution in [0.15, 0.2) is 12.2 Å². The largest absolute Gasteiger partial charge is 0.466 e. The van der Waals surface area contributed by atoms with Crippen LogP contribution >= 0.6 is 0 Å². The third kappa shape index (κ3) is 53.8. The summed E-state index contributed by atoms with van der Waals surface area (Å²) in [6.07, 6.45) is 68.2. The van der Waals surface area contributed by atoms with Crippen molar-refractivity contribution in [1.82, 2.24) is 5.32 Å². The van der Waals surface area contributed by atoms with Gasteiger partial charge in [-0.05, 0) is 32.1 Å². The maximum Gasteiger partial charge on any atom is 0.305 e. The number of esters is 1. The molecule has 0 spiro atoms. The third-order valence-electron chi connectivity index (χ3n) is 14.3. The van der Waals surface area contributed by atoms with Crippen LogP contribution in [-0.2, 0) is 14.3 Å². The Hall–Kier alpha value is -1.40. The average molecular weight is 947 g/mol. The monoisotopic (exact) mass is 946 g/mol. The van der Waals surface area contributed by atoms with Gasteiger partial charge in [-0.15, -0.1) is 0 Å². The van der Waals surface area contributed by atoms with E-state index < -0.39 is 12.1 Å². The lowest BCUT2D eigenvalue weighted by Gasteiger charge is -2.20. The van der Waals surface area contributed by atoms with Crippen LogP contribution in [0, 0.1) is 0 Å². The molecule has 2 atom stereocenters. The first-order chi connectivity index (χ1) is 33.0. The Morgan fingerprint density at radius 2 is 0.687 bits per heavy atom. The second kappa shape index (κ2) is 57.2. The van der Waals surface area contributed by atoms with Crippen molar-refractivity contribution in [2.45, 2.75) is 353 Å². The summed E-state index contributed by atoms with van der Waals surface area (Å²) in [7, 11) is 0. The van der Waals surface area contributed by atoms with Crippen molar-refractivity contribution in [1.29, 1.82) is 0 Å². The number of aliphatic hydroxyl groups is 2. The van der Waals surface area contributed by atoms with Gasteiger partial charge in [0.25, 0.3) is 0 Å². The van der Waals surface area contributed by atoms with E-state index in [1.165, 1.54) is 276 Å². The Bertz CT molecular complexity index is 1000. The first-order valence-corrected chi connectivity index (χ1v) is 30.5. The zero-order valence-corrected chi connectivity index (χ0v) is 45.4. The quantitative estimate of drug-likeness (QED) is 0.0321. The molecule has 398 valence electrons. The number of amides is 1. The van der Waals surface area contributed by atoms with Gasteiger partial charge in [0.2, 0.25) is 5.91 Å². The van der Waals surface area contributed by atoms with Crippen molar-refractivity contribution >= 4 is 11.9 Å². The fraction of sp³-hybridized carbons (Fsp3) is 0.934. The molecule has 0 aromatic carbocycles. The van der Waals surface area contributed by atoms with Crippen molar-refractivity contribution in [2.75, 3.05) is 13.2 Å². The number of ether oxygens (including phenoxy) is 1. The van der Waals surface area contributed by atoms with Gasteiger partial charge in [-0.3, -0.25) is 9.59 Å². The van der Waals surface area contributed by atoms with Gasteiger partial charge in [0.15, 0.2) is 0 Å². The van der Waals surface area contributed by atoms with E-state index in [-0.39, 0.29) is 18.5 Å². The van der Waals surface area contributed by atoms with Crippen LogP contribution in [0.25, 0.3) is 0 Å². The smallest absolute Gasteiger partial charge is 0.305 e. The third-order valence-corrected chi connectivity index (χ3v) is 14.3. The summed E-state index contributed by atoms with van der Waals surface area (Å²) in [6.45, 7) is 4.92. The Labute approximate surface area is 419 Å². The molecular formula is C61H119NO5. The summed E-state index contributed by atoms with van der Waals surface area (Å²) in [4.78, 5) is 24.5. The number of allylic oxidation sites excluding steroid dienone is 1. The molecule has 0 aliphatic rings. The predicted molar refractivity (Wildman–Crippen MR) is 292 cm³/mol. The van der Waals surface area contributed by atoms with Gasteiger partial charge < -0.3 is 20.3 Å². The maximum absolute atomic E-state index is 12.5. The first-order valence-electron chi connectivity index (χ1n) is 30.5. The van der Waals surface area contributed by atoms with Gasteiger partial charge in [0.05, 0.1) is 25.4 Å². The fourth-order valence-electron chi connectivity index (χ4n) is 9.64. The maximum atomic E-state index is 12.5. The summed E-state index contributed by atoms with van der Waals surface area (Å²) < 4.78 is 5.47. The standard InChI is InChI=1S/C61H119NO5/c1-3-5-7-9-11-13-15-16-17-27-30-34-37-41-45-49-53-59(64)58(57-63)62-60(65)54-50-46-42-38-35-31-28-25-23-21-19-18-20-22-24-26-29-32-36-40-44-48-52-56-67-61(66)55-51-47-43-39-33-14-12-10-8-6-4-2/h49,53,58-59,63-64H,3-48,50-52,54-57H2,1-2H3,(H,62,65)/b53-49+. The molecule has 0 heterocycles. The molecular weight excluding hydrogens is 827 g/mol. The second-order valence-electron chi connectivity index (χ2n) is 21.0. The van der Waals surface area contributed by atoms with Crippen LogP contribution in [0.5, 0.6) is 0 Å². The van der Waals surface area contributed by atoms with Crippen LogP contribution < -0.4 is 5.32 Å². The molecule has 0 saturated heterocycles. The van der Waals surface area contributed by atoms with Crippen LogP contribution in [0.2, 0.25) is 0 Å². The first kappa shape index (κ1) is 65.6. The Balaban J connectivity index is 3.39. The Morgan fingerprint density at radius 1 is 0.403 bits per heavy atom. The molecule has 1 amide bonds. The Morgan fingerprint density at radius 3 is 1.01 bits per heavy atom. The highest BCUT2D eigenvalue weighted by molar-refractivity contribution is 5.76. The zero-order chi connectivity index (χ0) is 48.6. The molecule has 0 rings (SSSR count). The predicted octanol–water partition coefficient (Wildman–Crippen LogP) is 18.9. The van der Waals surface area contributed by atoms with E-state index in [1.54, 1.807) is 6.08 Å². The number of nitrogens with one attached hydrogen (secondary N) is 1. The lowest BCUT2D eigenvalue weighted by atomic mass is 10.0. The van der Waals surface area contributed by atoms with Gasteiger partial charge in [0, 0.05) is 12.8 Å². The van der Waals surface area contributed by atoms with Crippen LogP contribution in [0.3, 0.4) is 0 Å². The van der Waals surface area contributed by atoms with Gasteiger partial charge >= 0.3 is 5.97 Å². The zero-order valence-electron chi connectivity index (χ0n) is 45.4. The highest BCUT2D eigenvalue weighted by atomic mass is 16.5. The average Bonchev–Trinajstić information content (AvgIpc) is 3.33. The molecule has 6 heteroatoms. The second-order valence-corrected chi connectivity index (χ2v) is 21.0. The topological polar surface area (TPSA) is 95.9 Å². The molecule has 6 nitrogen and oxygen atoms in total. The van der Waals surface area contributed by atoms with Crippen LogP contribution in [0.1, 0.15) is 341 Å². The van der Waals surface area contributed by atoms with Crippen molar-refractivity contribution in [2.24, 2.45) is 0 Å². The summed E-state index contributed by atoms with van der Waals surface area (Å²) >= 11 is 0. The number of carbonyl (C=O) groups is 2. The molecule has 0 bridgehead atoms. The highest BCUT2D eigenvalue weighted by Crippen LogP contribution is 2.18. The van der Waals surface area contributed by atoms with Gasteiger partial charge in [0.1, 0.15) is 0 Å². The van der Waals surface area contributed by atoms with Crippen molar-refractivity contribution in [3.8, 4) is 0 Å². The molecule has 0 aliphatic carbocycles. The minimum absolute atomic E-state index is 0.0141. The molecule has 2 unspecified atom stereocenters. The molecule has 0 saturated carbocycles. The van der Waals surface area contributed by atoms with Gasteiger partial charge in [-0.1, -0.05) is 309 Å². The van der Waals surface area contributed by atoms with E-state index in [4.69, 9.17) is 4.74 Å². The summed E-state index contributed by atoms with van der Waals surface area (Å²) in [6, 6.07) is -0.626. The number of aliphatic hydroxyl groups excluding tert-OH is 2. The molecule has 0 aromatic heterocycles. The highest BCUT2D eigenvalue weighted by Gasteiger charge is 2.18. The van der Waals surface area contributed by atoms with E-state index in [0.717, 1.165) is 38.5 Å². The van der Waals surface area contributed by atoms with E-state index >= 15 is 0 Å². The van der Waals surface area contributed by atoms with Crippen molar-refractivity contribution in [3.63, 3.8) is 0 Å². The van der Waals surface area contributed by atoms with E-state index in [0.29, 0.717) is 19.4 Å². The number of rotatable bonds is 57. The SMILES string of the molecule is CCCCCCCCCCCCCCCC/C=C/C(O)C(CO)NC(=O)CCCCCCCCCCCCCCCCCCCCCCCCCOC(=O)CCCCCCCCCCCCC. The number of hydrogen-bond acceptors (Lipinski definition) is 5. The summed E-state index contributed by atoms with van der Waals surface area (Å²) in [5.74, 6) is -0.0509. The molecule has 0 aliphatic heterocycles. The minimum Gasteiger partial charge on any atom is -0.466 e. The fourth-order valence-corrected chi connectivity index (χ4v) is 9.64. The molecule has 67 heavy (non-hydrogen) atoms. The van der Waals surface area contributed by atoms with Gasteiger partial charge in [-0.2, -0.15) is 0 Å². The molecule has 0 radical (unpaired) electrons. The van der Waals surface area contributed by atoms with Gasteiger partial charge in [-0.25, -0.2) is 0 Å². The van der Waals surface area contributed by atoms with E-state index in [1.807, 2.05) is 6.08 Å². The van der Waals surface area contributed by atoms with E-state index in [2.05, 4.69) is 19.2 Å².